The molecule has 4 nitrogen and oxygen atoms in total. The number of rotatable bonds is 5. The van der Waals surface area contributed by atoms with Crippen LogP contribution >= 0.6 is 0 Å². The largest absolute Gasteiger partial charge is 0.354 e. The number of anilines is 3. The zero-order chi connectivity index (χ0) is 18.5. The fourth-order valence-corrected chi connectivity index (χ4v) is 2.70. The first-order valence-corrected chi connectivity index (χ1v) is 8.75. The molecular weight excluding hydrogens is 322 g/mol. The number of carbonyl (C=O) groups excluding carboxylic acids is 1. The Labute approximate surface area is 154 Å². The average Bonchev–Trinajstić information content (AvgIpc) is 2.66. The van der Waals surface area contributed by atoms with Gasteiger partial charge in [0.25, 0.3) is 5.91 Å². The van der Waals surface area contributed by atoms with Crippen molar-refractivity contribution in [2.75, 3.05) is 10.6 Å². The van der Waals surface area contributed by atoms with Gasteiger partial charge in [-0.2, -0.15) is 0 Å². The van der Waals surface area contributed by atoms with Gasteiger partial charge in [-0.25, -0.2) is 0 Å². The maximum Gasteiger partial charge on any atom is 0.257 e. The molecule has 0 radical (unpaired) electrons. The van der Waals surface area contributed by atoms with Gasteiger partial charge in [-0.3, -0.25) is 9.78 Å². The standard InChI is InChI=1S/C22H23N3O/c1-4-17-8-10-19(11-9-17)25-22(26)18-12-20(14-23-13-18)24-21-7-5-6-15(2)16(21)3/h5-14,24H,4H2,1-3H3,(H,25,26). The predicted molar refractivity (Wildman–Crippen MR) is 107 cm³/mol. The fraction of sp³-hybridized carbons (Fsp3) is 0.182. The summed E-state index contributed by atoms with van der Waals surface area (Å²) in [6.45, 7) is 6.25. The summed E-state index contributed by atoms with van der Waals surface area (Å²) in [4.78, 5) is 16.7. The molecule has 0 fully saturated rings. The number of aromatic nitrogens is 1. The maximum absolute atomic E-state index is 12.5. The summed E-state index contributed by atoms with van der Waals surface area (Å²) in [6, 6.07) is 15.8. The molecular formula is C22H23N3O. The molecule has 1 heterocycles. The fourth-order valence-electron chi connectivity index (χ4n) is 2.70. The van der Waals surface area contributed by atoms with Crippen LogP contribution < -0.4 is 10.6 Å². The van der Waals surface area contributed by atoms with E-state index in [0.29, 0.717) is 5.56 Å². The van der Waals surface area contributed by atoms with Crippen molar-refractivity contribution >= 4 is 23.0 Å². The first-order valence-electron chi connectivity index (χ1n) is 8.75. The van der Waals surface area contributed by atoms with Gasteiger partial charge in [-0.1, -0.05) is 31.2 Å². The van der Waals surface area contributed by atoms with Crippen molar-refractivity contribution in [3.63, 3.8) is 0 Å². The smallest absolute Gasteiger partial charge is 0.257 e. The van der Waals surface area contributed by atoms with E-state index in [-0.39, 0.29) is 5.91 Å². The molecule has 3 rings (SSSR count). The Bertz CT molecular complexity index is 917. The van der Waals surface area contributed by atoms with Crippen LogP contribution in [0.5, 0.6) is 0 Å². The van der Waals surface area contributed by atoms with E-state index in [1.807, 2.05) is 42.5 Å². The van der Waals surface area contributed by atoms with Crippen LogP contribution in [0.3, 0.4) is 0 Å². The number of benzene rings is 2. The number of pyridine rings is 1. The van der Waals surface area contributed by atoms with Crippen molar-refractivity contribution in [2.24, 2.45) is 0 Å². The van der Waals surface area contributed by atoms with Gasteiger partial charge >= 0.3 is 0 Å². The molecule has 0 atom stereocenters. The van der Waals surface area contributed by atoms with Gasteiger partial charge in [0.05, 0.1) is 17.4 Å². The zero-order valence-electron chi connectivity index (χ0n) is 15.3. The molecule has 1 aromatic heterocycles. The van der Waals surface area contributed by atoms with Crippen LogP contribution in [0.1, 0.15) is 34.0 Å². The Balaban J connectivity index is 1.75. The molecule has 0 aliphatic heterocycles. The molecule has 2 aromatic carbocycles. The summed E-state index contributed by atoms with van der Waals surface area (Å²) in [5.41, 5.74) is 6.72. The van der Waals surface area contributed by atoms with Gasteiger partial charge in [-0.05, 0) is 61.2 Å². The van der Waals surface area contributed by atoms with E-state index in [4.69, 9.17) is 0 Å². The highest BCUT2D eigenvalue weighted by atomic mass is 16.1. The van der Waals surface area contributed by atoms with Gasteiger partial charge in [0, 0.05) is 17.6 Å². The lowest BCUT2D eigenvalue weighted by molar-refractivity contribution is 0.102. The number of nitrogens with one attached hydrogen (secondary N) is 2. The highest BCUT2D eigenvalue weighted by Gasteiger charge is 2.09. The normalized spacial score (nSPS) is 10.4. The van der Waals surface area contributed by atoms with E-state index in [2.05, 4.69) is 42.5 Å². The second kappa shape index (κ2) is 7.83. The molecule has 132 valence electrons. The molecule has 1 amide bonds. The third-order valence-corrected chi connectivity index (χ3v) is 4.50. The monoisotopic (exact) mass is 345 g/mol. The Morgan fingerprint density at radius 3 is 2.50 bits per heavy atom. The van der Waals surface area contributed by atoms with Gasteiger partial charge in [0.15, 0.2) is 0 Å². The van der Waals surface area contributed by atoms with Crippen LogP contribution in [0.25, 0.3) is 0 Å². The van der Waals surface area contributed by atoms with Crippen molar-refractivity contribution in [3.8, 4) is 0 Å². The Morgan fingerprint density at radius 2 is 1.77 bits per heavy atom. The van der Waals surface area contributed by atoms with E-state index in [9.17, 15) is 4.79 Å². The summed E-state index contributed by atoms with van der Waals surface area (Å²) in [5.74, 6) is -0.175. The number of aryl methyl sites for hydroxylation is 2. The molecule has 3 aromatic rings. The Hall–Kier alpha value is -3.14. The van der Waals surface area contributed by atoms with E-state index in [0.717, 1.165) is 23.5 Å². The molecule has 0 bridgehead atoms. The average molecular weight is 345 g/mol. The van der Waals surface area contributed by atoms with Crippen LogP contribution in [-0.2, 0) is 6.42 Å². The summed E-state index contributed by atoms with van der Waals surface area (Å²) in [5, 5.41) is 6.26. The van der Waals surface area contributed by atoms with E-state index in [1.54, 1.807) is 12.4 Å². The van der Waals surface area contributed by atoms with E-state index >= 15 is 0 Å². The summed E-state index contributed by atoms with van der Waals surface area (Å²) < 4.78 is 0. The Kier molecular flexibility index (Phi) is 5.32. The highest BCUT2D eigenvalue weighted by molar-refractivity contribution is 6.04. The summed E-state index contributed by atoms with van der Waals surface area (Å²) in [6.07, 6.45) is 4.27. The SMILES string of the molecule is CCc1ccc(NC(=O)c2cncc(Nc3cccc(C)c3C)c2)cc1. The van der Waals surface area contributed by atoms with Gasteiger partial charge < -0.3 is 10.6 Å². The van der Waals surface area contributed by atoms with Gasteiger partial charge in [0.2, 0.25) is 0 Å². The Morgan fingerprint density at radius 1 is 1.00 bits per heavy atom. The summed E-state index contributed by atoms with van der Waals surface area (Å²) >= 11 is 0. The van der Waals surface area contributed by atoms with Crippen molar-refractivity contribution in [1.29, 1.82) is 0 Å². The molecule has 2 N–H and O–H groups in total. The second-order valence-corrected chi connectivity index (χ2v) is 6.34. The second-order valence-electron chi connectivity index (χ2n) is 6.34. The molecule has 0 spiro atoms. The quantitative estimate of drug-likeness (QED) is 0.663. The third-order valence-electron chi connectivity index (χ3n) is 4.50. The lowest BCUT2D eigenvalue weighted by Gasteiger charge is -2.12. The van der Waals surface area contributed by atoms with Gasteiger partial charge in [0.1, 0.15) is 0 Å². The van der Waals surface area contributed by atoms with Crippen LogP contribution in [0.2, 0.25) is 0 Å². The number of hydrogen-bond donors (Lipinski definition) is 2. The third kappa shape index (κ3) is 4.09. The van der Waals surface area contributed by atoms with Crippen LogP contribution in [-0.4, -0.2) is 10.9 Å². The molecule has 0 aliphatic carbocycles. The lowest BCUT2D eigenvalue weighted by Crippen LogP contribution is -2.12. The molecule has 0 saturated heterocycles. The first kappa shape index (κ1) is 17.7. The molecule has 26 heavy (non-hydrogen) atoms. The summed E-state index contributed by atoms with van der Waals surface area (Å²) in [7, 11) is 0. The number of nitrogens with zero attached hydrogens (tertiary/aromatic N) is 1. The van der Waals surface area contributed by atoms with Crippen LogP contribution in [0, 0.1) is 13.8 Å². The van der Waals surface area contributed by atoms with Crippen LogP contribution in [0.4, 0.5) is 17.1 Å². The van der Waals surface area contributed by atoms with Crippen molar-refractivity contribution in [3.05, 3.63) is 83.2 Å². The highest BCUT2D eigenvalue weighted by Crippen LogP contribution is 2.23. The van der Waals surface area contributed by atoms with Crippen molar-refractivity contribution in [1.82, 2.24) is 4.98 Å². The van der Waals surface area contributed by atoms with E-state index in [1.165, 1.54) is 16.7 Å². The molecule has 0 saturated carbocycles. The minimum Gasteiger partial charge on any atom is -0.354 e. The predicted octanol–water partition coefficient (Wildman–Crippen LogP) is 5.26. The van der Waals surface area contributed by atoms with E-state index < -0.39 is 0 Å². The number of carbonyl (C=O) groups is 1. The maximum atomic E-state index is 12.5. The molecule has 0 aliphatic rings. The lowest BCUT2D eigenvalue weighted by atomic mass is 10.1. The van der Waals surface area contributed by atoms with Gasteiger partial charge in [-0.15, -0.1) is 0 Å². The zero-order valence-corrected chi connectivity index (χ0v) is 15.3. The van der Waals surface area contributed by atoms with Crippen LogP contribution in [0.15, 0.2) is 60.9 Å². The minimum atomic E-state index is -0.175. The topological polar surface area (TPSA) is 54.0 Å². The first-order chi connectivity index (χ1) is 12.6. The number of hydrogen-bond acceptors (Lipinski definition) is 3. The molecule has 0 unspecified atom stereocenters. The number of amides is 1. The van der Waals surface area contributed by atoms with Crippen molar-refractivity contribution in [2.45, 2.75) is 27.2 Å². The van der Waals surface area contributed by atoms with Crippen molar-refractivity contribution < 1.29 is 4.79 Å². The minimum absolute atomic E-state index is 0.175. The molecule has 4 heteroatoms.